The van der Waals surface area contributed by atoms with Crippen LogP contribution in [0, 0.1) is 0 Å². The zero-order chi connectivity index (χ0) is 16.2. The summed E-state index contributed by atoms with van der Waals surface area (Å²) in [7, 11) is 0. The number of benzene rings is 1. The maximum absolute atomic E-state index is 12.2. The molecule has 0 spiro atoms. The molecule has 0 N–H and O–H groups in total. The highest BCUT2D eigenvalue weighted by Crippen LogP contribution is 2.24. The average molecular weight is 349 g/mol. The topological polar surface area (TPSA) is 43.4 Å². The second-order valence-electron chi connectivity index (χ2n) is 5.63. The highest BCUT2D eigenvalue weighted by Gasteiger charge is 2.15. The minimum Gasteiger partial charge on any atom is -0.460 e. The summed E-state index contributed by atoms with van der Waals surface area (Å²) in [5.41, 5.74) is 3.31. The third-order valence-electron chi connectivity index (χ3n) is 3.98. The van der Waals surface area contributed by atoms with Gasteiger partial charge in [0.25, 0.3) is 0 Å². The van der Waals surface area contributed by atoms with Gasteiger partial charge in [-0.05, 0) is 48.6 Å². The molecule has 0 bridgehead atoms. The van der Waals surface area contributed by atoms with Crippen molar-refractivity contribution in [1.82, 2.24) is 0 Å². The Morgan fingerprint density at radius 1 is 1.09 bits per heavy atom. The molecule has 1 aromatic heterocycles. The fourth-order valence-corrected chi connectivity index (χ4v) is 3.76. The lowest BCUT2D eigenvalue weighted by Gasteiger charge is -2.05. The molecule has 0 saturated heterocycles. The van der Waals surface area contributed by atoms with Crippen LogP contribution in [0.25, 0.3) is 0 Å². The molecular formula is C18H17ClO3S. The minimum atomic E-state index is -0.357. The van der Waals surface area contributed by atoms with Gasteiger partial charge < -0.3 is 4.74 Å². The van der Waals surface area contributed by atoms with Crippen LogP contribution in [0.5, 0.6) is 0 Å². The number of halogens is 1. The highest BCUT2D eigenvalue weighted by atomic mass is 35.5. The van der Waals surface area contributed by atoms with Gasteiger partial charge in [0.2, 0.25) is 0 Å². The number of fused-ring (bicyclic) bond motifs is 1. The van der Waals surface area contributed by atoms with Gasteiger partial charge in [-0.2, -0.15) is 0 Å². The molecule has 0 radical (unpaired) electrons. The minimum absolute atomic E-state index is 0.00387. The standard InChI is InChI=1S/C18H17ClO3S/c19-17-8-6-15(23-17)11-22-18(21)9-7-16(20)14-5-4-12-2-1-3-13(12)10-14/h4-6,8,10H,1-3,7,9,11H2. The number of carbonyl (C=O) groups excluding carboxylic acids is 2. The van der Waals surface area contributed by atoms with E-state index in [1.807, 2.05) is 24.3 Å². The Morgan fingerprint density at radius 2 is 1.91 bits per heavy atom. The van der Waals surface area contributed by atoms with Crippen LogP contribution in [-0.2, 0) is 29.0 Å². The maximum atomic E-state index is 12.2. The summed E-state index contributed by atoms with van der Waals surface area (Å²) >= 11 is 7.20. The number of thiophene rings is 1. The van der Waals surface area contributed by atoms with Crippen molar-refractivity contribution in [2.24, 2.45) is 0 Å². The number of aryl methyl sites for hydroxylation is 2. The second kappa shape index (κ2) is 7.28. The molecule has 120 valence electrons. The van der Waals surface area contributed by atoms with Crippen LogP contribution in [0.1, 0.15) is 45.6 Å². The third kappa shape index (κ3) is 4.21. The first-order chi connectivity index (χ1) is 11.1. The van der Waals surface area contributed by atoms with Crippen molar-refractivity contribution in [2.75, 3.05) is 0 Å². The Morgan fingerprint density at radius 3 is 2.70 bits per heavy atom. The van der Waals surface area contributed by atoms with Crippen molar-refractivity contribution in [3.63, 3.8) is 0 Å². The van der Waals surface area contributed by atoms with Gasteiger partial charge in [0.1, 0.15) is 6.61 Å². The zero-order valence-electron chi connectivity index (χ0n) is 12.6. The van der Waals surface area contributed by atoms with E-state index >= 15 is 0 Å². The predicted molar refractivity (Wildman–Crippen MR) is 91.2 cm³/mol. The fourth-order valence-electron chi connectivity index (χ4n) is 2.76. The SMILES string of the molecule is O=C(CCC(=O)c1ccc2c(c1)CCC2)OCc1ccc(Cl)s1. The van der Waals surface area contributed by atoms with Crippen LogP contribution in [-0.4, -0.2) is 11.8 Å². The molecular weight excluding hydrogens is 332 g/mol. The molecule has 0 atom stereocenters. The summed E-state index contributed by atoms with van der Waals surface area (Å²) in [6, 6.07) is 9.48. The number of Topliss-reactive ketones (excluding diaryl/α,β-unsaturated/α-hetero) is 1. The van der Waals surface area contributed by atoms with Gasteiger partial charge in [-0.1, -0.05) is 23.7 Å². The average Bonchev–Trinajstić information content (AvgIpc) is 3.18. The summed E-state index contributed by atoms with van der Waals surface area (Å²) in [5, 5.41) is 0. The summed E-state index contributed by atoms with van der Waals surface area (Å²) < 4.78 is 5.83. The van der Waals surface area contributed by atoms with Gasteiger partial charge in [0.15, 0.2) is 5.78 Å². The van der Waals surface area contributed by atoms with Gasteiger partial charge in [0.05, 0.1) is 10.8 Å². The first kappa shape index (κ1) is 16.2. The first-order valence-corrected chi connectivity index (χ1v) is 8.86. The number of ether oxygens (including phenoxy) is 1. The second-order valence-corrected chi connectivity index (χ2v) is 7.43. The molecule has 0 fully saturated rings. The number of ketones is 1. The van der Waals surface area contributed by atoms with E-state index < -0.39 is 0 Å². The number of hydrogen-bond donors (Lipinski definition) is 0. The van der Waals surface area contributed by atoms with E-state index in [1.165, 1.54) is 22.5 Å². The molecule has 5 heteroatoms. The van der Waals surface area contributed by atoms with E-state index in [2.05, 4.69) is 0 Å². The van der Waals surface area contributed by atoms with Crippen LogP contribution in [0.3, 0.4) is 0 Å². The van der Waals surface area contributed by atoms with Crippen molar-refractivity contribution in [3.8, 4) is 0 Å². The number of carbonyl (C=O) groups is 2. The summed E-state index contributed by atoms with van der Waals surface area (Å²) in [6.07, 6.45) is 3.59. The van der Waals surface area contributed by atoms with Crippen molar-refractivity contribution in [3.05, 3.63) is 56.2 Å². The number of hydrogen-bond acceptors (Lipinski definition) is 4. The van der Waals surface area contributed by atoms with E-state index in [1.54, 1.807) is 6.07 Å². The van der Waals surface area contributed by atoms with Gasteiger partial charge in [0, 0.05) is 16.9 Å². The van der Waals surface area contributed by atoms with Crippen molar-refractivity contribution < 1.29 is 14.3 Å². The van der Waals surface area contributed by atoms with E-state index in [4.69, 9.17) is 16.3 Å². The smallest absolute Gasteiger partial charge is 0.306 e. The summed E-state index contributed by atoms with van der Waals surface area (Å²) in [4.78, 5) is 24.8. The van der Waals surface area contributed by atoms with E-state index in [0.717, 1.165) is 24.1 Å². The fraction of sp³-hybridized carbons (Fsp3) is 0.333. The van der Waals surface area contributed by atoms with Gasteiger partial charge in [-0.3, -0.25) is 9.59 Å². The highest BCUT2D eigenvalue weighted by molar-refractivity contribution is 7.16. The molecule has 1 aliphatic rings. The van der Waals surface area contributed by atoms with Crippen LogP contribution in [0.15, 0.2) is 30.3 Å². The molecule has 2 aromatic rings. The maximum Gasteiger partial charge on any atom is 0.306 e. The quantitative estimate of drug-likeness (QED) is 0.566. The molecule has 3 rings (SSSR count). The number of esters is 1. The number of rotatable bonds is 6. The van der Waals surface area contributed by atoms with Crippen LogP contribution in [0.4, 0.5) is 0 Å². The Labute approximate surface area is 144 Å². The van der Waals surface area contributed by atoms with Crippen molar-refractivity contribution >= 4 is 34.7 Å². The van der Waals surface area contributed by atoms with E-state index in [9.17, 15) is 9.59 Å². The molecule has 1 aliphatic carbocycles. The van der Waals surface area contributed by atoms with E-state index in [0.29, 0.717) is 9.90 Å². The molecule has 0 amide bonds. The van der Waals surface area contributed by atoms with Gasteiger partial charge in [-0.15, -0.1) is 11.3 Å². The van der Waals surface area contributed by atoms with Crippen molar-refractivity contribution in [1.29, 1.82) is 0 Å². The van der Waals surface area contributed by atoms with Crippen molar-refractivity contribution in [2.45, 2.75) is 38.7 Å². The molecule has 23 heavy (non-hydrogen) atoms. The monoisotopic (exact) mass is 348 g/mol. The largest absolute Gasteiger partial charge is 0.460 e. The van der Waals surface area contributed by atoms with E-state index in [-0.39, 0.29) is 31.2 Å². The van der Waals surface area contributed by atoms with Crippen LogP contribution >= 0.6 is 22.9 Å². The molecule has 3 nitrogen and oxygen atoms in total. The van der Waals surface area contributed by atoms with Crippen LogP contribution < -0.4 is 0 Å². The molecule has 1 aromatic carbocycles. The first-order valence-electron chi connectivity index (χ1n) is 7.66. The molecule has 0 unspecified atom stereocenters. The Bertz CT molecular complexity index is 736. The third-order valence-corrected chi connectivity index (χ3v) is 5.19. The van der Waals surface area contributed by atoms with Gasteiger partial charge in [-0.25, -0.2) is 0 Å². The Balaban J connectivity index is 1.47. The summed E-state index contributed by atoms with van der Waals surface area (Å²) in [6.45, 7) is 0.212. The molecule has 0 saturated carbocycles. The zero-order valence-corrected chi connectivity index (χ0v) is 14.2. The normalized spacial score (nSPS) is 12.9. The lowest BCUT2D eigenvalue weighted by atomic mass is 10.0. The Hall–Kier alpha value is -1.65. The van der Waals surface area contributed by atoms with Gasteiger partial charge >= 0.3 is 5.97 Å². The lowest BCUT2D eigenvalue weighted by Crippen LogP contribution is -2.08. The Kier molecular flexibility index (Phi) is 5.13. The molecule has 0 aliphatic heterocycles. The lowest BCUT2D eigenvalue weighted by molar-refractivity contribution is -0.144. The molecule has 1 heterocycles. The predicted octanol–water partition coefficient (Wildman–Crippen LogP) is 4.60. The summed E-state index contributed by atoms with van der Waals surface area (Å²) in [5.74, 6) is -0.361. The van der Waals surface area contributed by atoms with Crippen LogP contribution in [0.2, 0.25) is 4.34 Å².